The highest BCUT2D eigenvalue weighted by atomic mass is 19.1. The molecule has 19 heavy (non-hydrogen) atoms. The van der Waals surface area contributed by atoms with Gasteiger partial charge in [0.1, 0.15) is 12.4 Å². The molecule has 2 N–H and O–H groups in total. The van der Waals surface area contributed by atoms with E-state index in [9.17, 15) is 13.6 Å². The minimum Gasteiger partial charge on any atom is -0.488 e. The normalized spacial score (nSPS) is 11.5. The molecule has 1 rings (SSSR count). The van der Waals surface area contributed by atoms with Gasteiger partial charge < -0.3 is 15.4 Å². The number of carbonyl (C=O) groups is 1. The number of urea groups is 1. The molecule has 0 fully saturated rings. The van der Waals surface area contributed by atoms with Gasteiger partial charge in [-0.25, -0.2) is 13.6 Å². The van der Waals surface area contributed by atoms with E-state index in [0.29, 0.717) is 6.54 Å². The number of halogens is 2. The second kappa shape index (κ2) is 7.35. The number of hydrogen-bond acceptors (Lipinski definition) is 2. The molecular weight excluding hydrogens is 254 g/mol. The van der Waals surface area contributed by atoms with Crippen molar-refractivity contribution < 1.29 is 18.3 Å². The molecule has 0 saturated carbocycles. The molecule has 6 heteroatoms. The maximum atomic E-state index is 13.3. The Morgan fingerprint density at radius 3 is 2.89 bits per heavy atom. The fourth-order valence-electron chi connectivity index (χ4n) is 1.29. The van der Waals surface area contributed by atoms with Crippen LogP contribution in [0.1, 0.15) is 6.92 Å². The Hall–Kier alpha value is -2.11. The number of carbonyl (C=O) groups excluding carboxylic acids is 1. The molecular formula is C13H16F2N2O2. The molecule has 1 aromatic carbocycles. The first-order chi connectivity index (χ1) is 9.02. The summed E-state index contributed by atoms with van der Waals surface area (Å²) in [5.74, 6) is -1.50. The molecule has 0 aliphatic carbocycles. The van der Waals surface area contributed by atoms with Crippen LogP contribution in [0.5, 0.6) is 5.75 Å². The van der Waals surface area contributed by atoms with Gasteiger partial charge in [0.2, 0.25) is 0 Å². The van der Waals surface area contributed by atoms with Gasteiger partial charge >= 0.3 is 6.03 Å². The lowest BCUT2D eigenvalue weighted by Gasteiger charge is -2.15. The van der Waals surface area contributed by atoms with Gasteiger partial charge in [0, 0.05) is 12.6 Å². The molecule has 0 bridgehead atoms. The summed E-state index contributed by atoms with van der Waals surface area (Å²) in [6.45, 7) is 5.60. The number of ether oxygens (including phenoxy) is 1. The van der Waals surface area contributed by atoms with E-state index in [4.69, 9.17) is 4.74 Å². The third-order valence-corrected chi connectivity index (χ3v) is 2.17. The van der Waals surface area contributed by atoms with E-state index in [-0.39, 0.29) is 24.4 Å². The van der Waals surface area contributed by atoms with Crippen molar-refractivity contribution in [2.45, 2.75) is 13.0 Å². The Labute approximate surface area is 110 Å². The Morgan fingerprint density at radius 2 is 2.26 bits per heavy atom. The van der Waals surface area contributed by atoms with Gasteiger partial charge in [0.25, 0.3) is 0 Å². The average Bonchev–Trinajstić information content (AvgIpc) is 2.35. The van der Waals surface area contributed by atoms with Gasteiger partial charge in [-0.15, -0.1) is 6.58 Å². The van der Waals surface area contributed by atoms with Gasteiger partial charge in [-0.2, -0.15) is 0 Å². The van der Waals surface area contributed by atoms with Crippen molar-refractivity contribution in [1.29, 1.82) is 0 Å². The molecule has 2 amide bonds. The average molecular weight is 270 g/mol. The molecule has 0 spiro atoms. The summed E-state index contributed by atoms with van der Waals surface area (Å²) >= 11 is 0. The van der Waals surface area contributed by atoms with E-state index in [1.54, 1.807) is 13.0 Å². The maximum Gasteiger partial charge on any atom is 0.315 e. The quantitative estimate of drug-likeness (QED) is 0.779. The van der Waals surface area contributed by atoms with E-state index in [2.05, 4.69) is 17.2 Å². The summed E-state index contributed by atoms with van der Waals surface area (Å²) < 4.78 is 31.1. The van der Waals surface area contributed by atoms with Crippen LogP contribution in [0.2, 0.25) is 0 Å². The van der Waals surface area contributed by atoms with Crippen molar-refractivity contribution in [2.24, 2.45) is 0 Å². The zero-order chi connectivity index (χ0) is 14.3. The monoisotopic (exact) mass is 270 g/mol. The van der Waals surface area contributed by atoms with Gasteiger partial charge in [-0.1, -0.05) is 6.08 Å². The van der Waals surface area contributed by atoms with Gasteiger partial charge in [0.15, 0.2) is 11.6 Å². The third-order valence-electron chi connectivity index (χ3n) is 2.17. The molecule has 4 nitrogen and oxygen atoms in total. The molecule has 104 valence electrons. The van der Waals surface area contributed by atoms with Crippen molar-refractivity contribution in [3.05, 3.63) is 42.5 Å². The van der Waals surface area contributed by atoms with Crippen LogP contribution in [0.3, 0.4) is 0 Å². The van der Waals surface area contributed by atoms with Crippen LogP contribution >= 0.6 is 0 Å². The highest BCUT2D eigenvalue weighted by molar-refractivity contribution is 5.74. The lowest BCUT2D eigenvalue weighted by molar-refractivity contribution is 0.225. The van der Waals surface area contributed by atoms with Crippen molar-refractivity contribution in [1.82, 2.24) is 10.6 Å². The molecule has 0 radical (unpaired) electrons. The van der Waals surface area contributed by atoms with Crippen LogP contribution in [0, 0.1) is 11.6 Å². The molecule has 0 heterocycles. The van der Waals surface area contributed by atoms with Crippen LogP contribution in [0.4, 0.5) is 13.6 Å². The molecule has 0 saturated heterocycles. The number of rotatable bonds is 6. The summed E-state index contributed by atoms with van der Waals surface area (Å²) in [6.07, 6.45) is 1.55. The third kappa shape index (κ3) is 5.37. The molecule has 0 aliphatic heterocycles. The predicted molar refractivity (Wildman–Crippen MR) is 68.0 cm³/mol. The summed E-state index contributed by atoms with van der Waals surface area (Å²) in [4.78, 5) is 11.3. The van der Waals surface area contributed by atoms with Crippen LogP contribution < -0.4 is 15.4 Å². The van der Waals surface area contributed by atoms with E-state index in [0.717, 1.165) is 12.1 Å². The van der Waals surface area contributed by atoms with Crippen LogP contribution in [-0.2, 0) is 0 Å². The number of nitrogens with one attached hydrogen (secondary N) is 2. The SMILES string of the molecule is C=CCNC(=O)NC(C)COc1ccc(F)cc1F. The fraction of sp³-hybridized carbons (Fsp3) is 0.308. The van der Waals surface area contributed by atoms with E-state index >= 15 is 0 Å². The van der Waals surface area contributed by atoms with Gasteiger partial charge in [-0.3, -0.25) is 0 Å². The van der Waals surface area contributed by atoms with Crippen LogP contribution in [0.25, 0.3) is 0 Å². The highest BCUT2D eigenvalue weighted by Gasteiger charge is 2.09. The van der Waals surface area contributed by atoms with Gasteiger partial charge in [0.05, 0.1) is 6.04 Å². The maximum absolute atomic E-state index is 13.3. The minimum absolute atomic E-state index is 0.0541. The highest BCUT2D eigenvalue weighted by Crippen LogP contribution is 2.17. The Morgan fingerprint density at radius 1 is 1.53 bits per heavy atom. The number of amides is 2. The molecule has 0 aromatic heterocycles. The van der Waals surface area contributed by atoms with Crippen molar-refractivity contribution >= 4 is 6.03 Å². The Bertz CT molecular complexity index is 452. The first kappa shape index (κ1) is 14.9. The predicted octanol–water partition coefficient (Wildman–Crippen LogP) is 2.22. The van der Waals surface area contributed by atoms with Crippen LogP contribution in [0.15, 0.2) is 30.9 Å². The largest absolute Gasteiger partial charge is 0.488 e. The summed E-state index contributed by atoms with van der Waals surface area (Å²) in [5.41, 5.74) is 0. The van der Waals surface area contributed by atoms with Crippen molar-refractivity contribution in [3.8, 4) is 5.75 Å². The molecule has 1 aromatic rings. The first-order valence-electron chi connectivity index (χ1n) is 5.76. The summed E-state index contributed by atoms with van der Waals surface area (Å²) in [5, 5.41) is 5.13. The standard InChI is InChI=1S/C13H16F2N2O2/c1-3-6-16-13(18)17-9(2)8-19-12-5-4-10(14)7-11(12)15/h3-5,7,9H,1,6,8H2,2H3,(H2,16,17,18). The molecule has 0 aliphatic rings. The second-order valence-electron chi connectivity index (χ2n) is 3.93. The Balaban J connectivity index is 2.39. The smallest absolute Gasteiger partial charge is 0.315 e. The Kier molecular flexibility index (Phi) is 5.78. The topological polar surface area (TPSA) is 50.4 Å². The van der Waals surface area contributed by atoms with E-state index in [1.807, 2.05) is 0 Å². The molecule has 1 unspecified atom stereocenters. The van der Waals surface area contributed by atoms with E-state index < -0.39 is 11.6 Å². The lowest BCUT2D eigenvalue weighted by atomic mass is 10.3. The fourth-order valence-corrected chi connectivity index (χ4v) is 1.29. The molecule has 1 atom stereocenters. The zero-order valence-corrected chi connectivity index (χ0v) is 10.6. The second-order valence-corrected chi connectivity index (χ2v) is 3.93. The zero-order valence-electron chi connectivity index (χ0n) is 10.6. The van der Waals surface area contributed by atoms with Gasteiger partial charge in [-0.05, 0) is 19.1 Å². The van der Waals surface area contributed by atoms with E-state index in [1.165, 1.54) is 6.07 Å². The van der Waals surface area contributed by atoms with Crippen LogP contribution in [-0.4, -0.2) is 25.2 Å². The van der Waals surface area contributed by atoms with Crippen molar-refractivity contribution in [3.63, 3.8) is 0 Å². The first-order valence-corrected chi connectivity index (χ1v) is 5.76. The number of benzene rings is 1. The summed E-state index contributed by atoms with van der Waals surface area (Å²) in [6, 6.07) is 2.36. The summed E-state index contributed by atoms with van der Waals surface area (Å²) in [7, 11) is 0. The number of hydrogen-bond donors (Lipinski definition) is 2. The lowest BCUT2D eigenvalue weighted by Crippen LogP contribution is -2.43. The minimum atomic E-state index is -0.775. The van der Waals surface area contributed by atoms with Crippen molar-refractivity contribution in [2.75, 3.05) is 13.2 Å².